The fraction of sp³-hybridized carbons (Fsp3) is 0.125. The molecule has 0 aliphatic carbocycles. The Morgan fingerprint density at radius 2 is 2.00 bits per heavy atom. The summed E-state index contributed by atoms with van der Waals surface area (Å²) in [4.78, 5) is -0.195. The van der Waals surface area contributed by atoms with Gasteiger partial charge in [-0.3, -0.25) is 0 Å². The van der Waals surface area contributed by atoms with Gasteiger partial charge in [-0.2, -0.15) is 5.26 Å². The molecule has 0 aromatic heterocycles. The quantitative estimate of drug-likeness (QED) is 0.719. The normalized spacial score (nSPS) is 11.0. The van der Waals surface area contributed by atoms with Crippen molar-refractivity contribution in [2.45, 2.75) is 11.8 Å². The molecule has 14 heavy (non-hydrogen) atoms. The molecule has 74 valence electrons. The van der Waals surface area contributed by atoms with Gasteiger partial charge in [0.25, 0.3) is 9.05 Å². The van der Waals surface area contributed by atoms with Gasteiger partial charge in [0, 0.05) is 10.7 Å². The average molecular weight is 250 g/mol. The largest absolute Gasteiger partial charge is 0.263 e. The third kappa shape index (κ3) is 2.01. The van der Waals surface area contributed by atoms with Crippen LogP contribution in [0.1, 0.15) is 11.1 Å². The molecule has 0 saturated heterocycles. The molecule has 3 nitrogen and oxygen atoms in total. The molecule has 0 atom stereocenters. The van der Waals surface area contributed by atoms with Crippen molar-refractivity contribution in [3.05, 3.63) is 28.3 Å². The van der Waals surface area contributed by atoms with Gasteiger partial charge in [0.15, 0.2) is 0 Å². The van der Waals surface area contributed by atoms with Crippen molar-refractivity contribution in [1.82, 2.24) is 0 Å². The lowest BCUT2D eigenvalue weighted by atomic mass is 10.1. The summed E-state index contributed by atoms with van der Waals surface area (Å²) in [6, 6.07) is 4.64. The molecule has 0 spiro atoms. The van der Waals surface area contributed by atoms with Gasteiger partial charge in [0.2, 0.25) is 0 Å². The Balaban J connectivity index is 3.68. The van der Waals surface area contributed by atoms with E-state index in [-0.39, 0.29) is 21.0 Å². The van der Waals surface area contributed by atoms with Gasteiger partial charge < -0.3 is 0 Å². The van der Waals surface area contributed by atoms with Gasteiger partial charge in [-0.05, 0) is 24.6 Å². The molecule has 1 aromatic carbocycles. The Kier molecular flexibility index (Phi) is 3.05. The summed E-state index contributed by atoms with van der Waals surface area (Å²) in [6.45, 7) is 1.49. The van der Waals surface area contributed by atoms with Gasteiger partial charge in [0.05, 0.1) is 16.7 Å². The molecule has 0 amide bonds. The van der Waals surface area contributed by atoms with Crippen LogP contribution in [-0.2, 0) is 9.05 Å². The van der Waals surface area contributed by atoms with E-state index < -0.39 is 9.05 Å². The predicted molar refractivity (Wildman–Crippen MR) is 53.9 cm³/mol. The maximum absolute atomic E-state index is 11.1. The highest BCUT2D eigenvalue weighted by molar-refractivity contribution is 8.13. The second-order valence-corrected chi connectivity index (χ2v) is 5.51. The first-order chi connectivity index (χ1) is 6.38. The van der Waals surface area contributed by atoms with Crippen molar-refractivity contribution in [2.75, 3.05) is 0 Å². The first-order valence-electron chi connectivity index (χ1n) is 3.52. The number of hydrogen-bond donors (Lipinski definition) is 0. The van der Waals surface area contributed by atoms with E-state index in [0.717, 1.165) is 0 Å². The standard InChI is InChI=1S/C8H5Cl2NO2S/c1-5-6(4-11)2-3-7(9)8(5)14(10,12)13/h2-3H,1H3. The van der Waals surface area contributed by atoms with Crippen molar-refractivity contribution in [3.63, 3.8) is 0 Å². The Morgan fingerprint density at radius 3 is 2.43 bits per heavy atom. The van der Waals surface area contributed by atoms with Crippen LogP contribution < -0.4 is 0 Å². The highest BCUT2D eigenvalue weighted by atomic mass is 35.7. The van der Waals surface area contributed by atoms with Crippen LogP contribution in [0.3, 0.4) is 0 Å². The van der Waals surface area contributed by atoms with E-state index in [1.54, 1.807) is 0 Å². The highest BCUT2D eigenvalue weighted by Crippen LogP contribution is 2.29. The third-order valence-electron chi connectivity index (χ3n) is 1.72. The van der Waals surface area contributed by atoms with Crippen LogP contribution in [0.4, 0.5) is 0 Å². The maximum Gasteiger partial charge on any atom is 0.263 e. The summed E-state index contributed by atoms with van der Waals surface area (Å²) in [6.07, 6.45) is 0. The lowest BCUT2D eigenvalue weighted by Gasteiger charge is -2.05. The first-order valence-corrected chi connectivity index (χ1v) is 6.20. The first kappa shape index (κ1) is 11.3. The summed E-state index contributed by atoms with van der Waals surface area (Å²) >= 11 is 5.67. The van der Waals surface area contributed by atoms with Gasteiger partial charge in [-0.1, -0.05) is 11.6 Å². The second kappa shape index (κ2) is 3.77. The van der Waals surface area contributed by atoms with Crippen LogP contribution in [0.15, 0.2) is 17.0 Å². The van der Waals surface area contributed by atoms with E-state index in [0.29, 0.717) is 0 Å². The Bertz CT molecular complexity index is 517. The van der Waals surface area contributed by atoms with Crippen LogP contribution in [0.25, 0.3) is 0 Å². The monoisotopic (exact) mass is 249 g/mol. The van der Waals surface area contributed by atoms with Crippen molar-refractivity contribution < 1.29 is 8.42 Å². The zero-order chi connectivity index (χ0) is 10.9. The Hall–Kier alpha value is -0.760. The zero-order valence-corrected chi connectivity index (χ0v) is 9.41. The van der Waals surface area contributed by atoms with Crippen LogP contribution in [0, 0.1) is 18.3 Å². The summed E-state index contributed by atoms with van der Waals surface area (Å²) in [5.74, 6) is 0. The number of nitrogens with zero attached hydrogens (tertiary/aromatic N) is 1. The van der Waals surface area contributed by atoms with Crippen molar-refractivity contribution in [3.8, 4) is 6.07 Å². The molecule has 0 fully saturated rings. The molecule has 0 saturated carbocycles. The highest BCUT2D eigenvalue weighted by Gasteiger charge is 2.19. The van der Waals surface area contributed by atoms with Crippen LogP contribution >= 0.6 is 22.3 Å². The minimum absolute atomic E-state index is 0.0245. The molecule has 0 bridgehead atoms. The van der Waals surface area contributed by atoms with Crippen molar-refractivity contribution in [1.29, 1.82) is 5.26 Å². The molecule has 6 heteroatoms. The number of halogens is 2. The number of nitriles is 1. The molecule has 0 unspecified atom stereocenters. The molecule has 1 rings (SSSR count). The third-order valence-corrected chi connectivity index (χ3v) is 3.63. The fourth-order valence-corrected chi connectivity index (χ4v) is 3.08. The van der Waals surface area contributed by atoms with Crippen molar-refractivity contribution in [2.24, 2.45) is 0 Å². The van der Waals surface area contributed by atoms with E-state index in [9.17, 15) is 8.42 Å². The molecular weight excluding hydrogens is 245 g/mol. The Morgan fingerprint density at radius 1 is 1.43 bits per heavy atom. The summed E-state index contributed by atoms with van der Waals surface area (Å²) in [5.41, 5.74) is 0.517. The van der Waals surface area contributed by atoms with Gasteiger partial charge in [-0.25, -0.2) is 8.42 Å². The lowest BCUT2D eigenvalue weighted by Crippen LogP contribution is -1.98. The van der Waals surface area contributed by atoms with E-state index in [4.69, 9.17) is 27.5 Å². The molecule has 0 aliphatic heterocycles. The van der Waals surface area contributed by atoms with Crippen LogP contribution in [0.5, 0.6) is 0 Å². The second-order valence-electron chi connectivity index (χ2n) is 2.60. The SMILES string of the molecule is Cc1c(C#N)ccc(Cl)c1S(=O)(=O)Cl. The predicted octanol–water partition coefficient (Wildman–Crippen LogP) is 2.45. The minimum Gasteiger partial charge on any atom is -0.207 e. The van der Waals surface area contributed by atoms with Crippen LogP contribution in [0.2, 0.25) is 5.02 Å². The number of hydrogen-bond acceptors (Lipinski definition) is 3. The summed E-state index contributed by atoms with van der Waals surface area (Å²) in [7, 11) is 1.27. The maximum atomic E-state index is 11.1. The smallest absolute Gasteiger partial charge is 0.207 e. The lowest BCUT2D eigenvalue weighted by molar-refractivity contribution is 0.609. The van der Waals surface area contributed by atoms with Crippen molar-refractivity contribution >= 4 is 31.3 Å². The summed E-state index contributed by atoms with van der Waals surface area (Å²) in [5, 5.41) is 8.69. The molecule has 0 N–H and O–H groups in total. The van der Waals surface area contributed by atoms with E-state index >= 15 is 0 Å². The minimum atomic E-state index is -3.91. The van der Waals surface area contributed by atoms with Gasteiger partial charge in [0.1, 0.15) is 4.90 Å². The fourth-order valence-electron chi connectivity index (χ4n) is 1.08. The summed E-state index contributed by atoms with van der Waals surface area (Å²) < 4.78 is 22.2. The molecule has 0 heterocycles. The molecule has 1 aromatic rings. The van der Waals surface area contributed by atoms with Crippen LogP contribution in [-0.4, -0.2) is 8.42 Å². The Labute approximate surface area is 91.3 Å². The topological polar surface area (TPSA) is 57.9 Å². The molecule has 0 aliphatic rings. The van der Waals surface area contributed by atoms with Gasteiger partial charge in [-0.15, -0.1) is 0 Å². The molecule has 0 radical (unpaired) electrons. The zero-order valence-electron chi connectivity index (χ0n) is 7.08. The van der Waals surface area contributed by atoms with E-state index in [2.05, 4.69) is 0 Å². The molecular formula is C8H5Cl2NO2S. The number of rotatable bonds is 1. The van der Waals surface area contributed by atoms with E-state index in [1.807, 2.05) is 6.07 Å². The van der Waals surface area contributed by atoms with Gasteiger partial charge >= 0.3 is 0 Å². The average Bonchev–Trinajstić information content (AvgIpc) is 2.02. The number of benzene rings is 1. The van der Waals surface area contributed by atoms with E-state index in [1.165, 1.54) is 19.1 Å².